The zero-order valence-corrected chi connectivity index (χ0v) is 14.2. The highest BCUT2D eigenvalue weighted by Gasteiger charge is 2.09. The smallest absolute Gasteiger partial charge is 0.269 e. The van der Waals surface area contributed by atoms with Crippen LogP contribution in [0.1, 0.15) is 18.1 Å². The molecule has 26 heavy (non-hydrogen) atoms. The van der Waals surface area contributed by atoms with Crippen molar-refractivity contribution in [1.82, 2.24) is 0 Å². The van der Waals surface area contributed by atoms with Crippen LogP contribution in [0.5, 0.6) is 5.75 Å². The molecular formula is C21H16N2O3. The van der Waals surface area contributed by atoms with Crippen LogP contribution < -0.4 is 4.74 Å². The fraction of sp³-hybridized carbons (Fsp3) is 0.0952. The summed E-state index contributed by atoms with van der Waals surface area (Å²) >= 11 is 0. The van der Waals surface area contributed by atoms with E-state index in [1.807, 2.05) is 43.3 Å². The zero-order valence-electron chi connectivity index (χ0n) is 14.2. The van der Waals surface area contributed by atoms with Crippen molar-refractivity contribution in [2.45, 2.75) is 6.92 Å². The first-order chi connectivity index (χ1) is 12.6. The highest BCUT2D eigenvalue weighted by Crippen LogP contribution is 2.31. The van der Waals surface area contributed by atoms with Crippen LogP contribution in [0.15, 0.2) is 60.7 Å². The summed E-state index contributed by atoms with van der Waals surface area (Å²) in [6.07, 6.45) is 1.79. The minimum absolute atomic E-state index is 0.00226. The number of nitriles is 1. The maximum absolute atomic E-state index is 10.8. The Bertz CT molecular complexity index is 1030. The van der Waals surface area contributed by atoms with E-state index in [1.54, 1.807) is 18.2 Å². The van der Waals surface area contributed by atoms with Crippen LogP contribution in [-0.4, -0.2) is 11.5 Å². The summed E-state index contributed by atoms with van der Waals surface area (Å²) in [7, 11) is 0. The Morgan fingerprint density at radius 2 is 1.81 bits per heavy atom. The van der Waals surface area contributed by atoms with E-state index < -0.39 is 4.92 Å². The second-order valence-corrected chi connectivity index (χ2v) is 5.61. The second kappa shape index (κ2) is 7.49. The standard InChI is InChI=1S/C21H16N2O3/c1-2-26-21-12-9-16(19-5-3-4-6-20(19)21)13-17(14-22)15-7-10-18(11-8-15)23(24)25/h3-13H,2H2,1H3/b17-13-. The molecule has 0 heterocycles. The molecule has 0 fully saturated rings. The molecule has 0 atom stereocenters. The SMILES string of the molecule is CCOc1ccc(/C=C(/C#N)c2ccc([N+](=O)[O-])cc2)c2ccccc12. The van der Waals surface area contributed by atoms with Crippen LogP contribution >= 0.6 is 0 Å². The van der Waals surface area contributed by atoms with Gasteiger partial charge in [-0.2, -0.15) is 5.26 Å². The normalized spacial score (nSPS) is 11.2. The number of rotatable bonds is 5. The van der Waals surface area contributed by atoms with Crippen LogP contribution in [0.4, 0.5) is 5.69 Å². The molecular weight excluding hydrogens is 328 g/mol. The van der Waals surface area contributed by atoms with Gasteiger partial charge in [-0.1, -0.05) is 30.3 Å². The van der Waals surface area contributed by atoms with Crippen molar-refractivity contribution in [3.63, 3.8) is 0 Å². The number of hydrogen-bond donors (Lipinski definition) is 0. The summed E-state index contributed by atoms with van der Waals surface area (Å²) < 4.78 is 5.68. The molecule has 3 aromatic rings. The molecule has 0 aliphatic heterocycles. The molecule has 0 aliphatic rings. The number of nitro benzene ring substituents is 1. The van der Waals surface area contributed by atoms with Crippen molar-refractivity contribution >= 4 is 28.1 Å². The third-order valence-electron chi connectivity index (χ3n) is 4.03. The predicted octanol–water partition coefficient (Wildman–Crippen LogP) is 5.21. The maximum atomic E-state index is 10.8. The van der Waals surface area contributed by atoms with E-state index in [0.29, 0.717) is 17.7 Å². The number of allylic oxidation sites excluding steroid dienone is 1. The predicted molar refractivity (Wildman–Crippen MR) is 102 cm³/mol. The molecule has 0 unspecified atom stereocenters. The van der Waals surface area contributed by atoms with Gasteiger partial charge in [0.05, 0.1) is 23.2 Å². The summed E-state index contributed by atoms with van der Waals surface area (Å²) in [6.45, 7) is 2.51. The third kappa shape index (κ3) is 3.40. The van der Waals surface area contributed by atoms with E-state index >= 15 is 0 Å². The van der Waals surface area contributed by atoms with Gasteiger partial charge in [-0.3, -0.25) is 10.1 Å². The Balaban J connectivity index is 2.09. The quantitative estimate of drug-likeness (QED) is 0.275. The van der Waals surface area contributed by atoms with Crippen molar-refractivity contribution < 1.29 is 9.66 Å². The van der Waals surface area contributed by atoms with Crippen LogP contribution in [0.25, 0.3) is 22.4 Å². The maximum Gasteiger partial charge on any atom is 0.269 e. The van der Waals surface area contributed by atoms with Gasteiger partial charge in [-0.15, -0.1) is 0 Å². The number of nitro groups is 1. The van der Waals surface area contributed by atoms with Gasteiger partial charge >= 0.3 is 0 Å². The van der Waals surface area contributed by atoms with E-state index in [2.05, 4.69) is 6.07 Å². The Hall–Kier alpha value is -3.65. The molecule has 3 aromatic carbocycles. The van der Waals surface area contributed by atoms with Gasteiger partial charge in [0.1, 0.15) is 5.75 Å². The molecule has 5 heteroatoms. The van der Waals surface area contributed by atoms with Gasteiger partial charge in [0.2, 0.25) is 0 Å². The molecule has 3 rings (SSSR count). The fourth-order valence-corrected chi connectivity index (χ4v) is 2.80. The van der Waals surface area contributed by atoms with Crippen molar-refractivity contribution in [3.8, 4) is 11.8 Å². The summed E-state index contributed by atoms with van der Waals surface area (Å²) in [5, 5.41) is 22.3. The van der Waals surface area contributed by atoms with Crippen LogP contribution in [0.3, 0.4) is 0 Å². The van der Waals surface area contributed by atoms with Crippen LogP contribution in [0.2, 0.25) is 0 Å². The minimum Gasteiger partial charge on any atom is -0.493 e. The molecule has 128 valence electrons. The number of hydrogen-bond acceptors (Lipinski definition) is 4. The fourth-order valence-electron chi connectivity index (χ4n) is 2.80. The first-order valence-electron chi connectivity index (χ1n) is 8.15. The second-order valence-electron chi connectivity index (χ2n) is 5.61. The first-order valence-corrected chi connectivity index (χ1v) is 8.15. The first kappa shape index (κ1) is 17.2. The summed E-state index contributed by atoms with van der Waals surface area (Å²) in [4.78, 5) is 10.3. The molecule has 0 aliphatic carbocycles. The molecule has 0 N–H and O–H groups in total. The molecule has 0 amide bonds. The average Bonchev–Trinajstić information content (AvgIpc) is 2.67. The lowest BCUT2D eigenvalue weighted by molar-refractivity contribution is -0.384. The lowest BCUT2D eigenvalue weighted by Crippen LogP contribution is -1.93. The Morgan fingerprint density at radius 1 is 1.12 bits per heavy atom. The van der Waals surface area contributed by atoms with Gasteiger partial charge < -0.3 is 4.74 Å². The number of benzene rings is 3. The van der Waals surface area contributed by atoms with E-state index in [0.717, 1.165) is 22.1 Å². The van der Waals surface area contributed by atoms with Crippen LogP contribution in [-0.2, 0) is 0 Å². The van der Waals surface area contributed by atoms with Crippen molar-refractivity contribution in [3.05, 3.63) is 81.9 Å². The number of nitrogens with zero attached hydrogens (tertiary/aromatic N) is 2. The van der Waals surface area contributed by atoms with Gasteiger partial charge in [0.25, 0.3) is 5.69 Å². The number of non-ortho nitro benzene ring substituents is 1. The number of ether oxygens (including phenoxy) is 1. The molecule has 0 radical (unpaired) electrons. The average molecular weight is 344 g/mol. The molecule has 0 spiro atoms. The van der Waals surface area contributed by atoms with Crippen LogP contribution in [0, 0.1) is 21.4 Å². The Labute approximate surface area is 150 Å². The molecule has 0 saturated heterocycles. The van der Waals surface area contributed by atoms with Gasteiger partial charge in [-0.25, -0.2) is 0 Å². The zero-order chi connectivity index (χ0) is 18.5. The molecule has 0 saturated carbocycles. The molecule has 5 nitrogen and oxygen atoms in total. The van der Waals surface area contributed by atoms with Gasteiger partial charge in [0.15, 0.2) is 0 Å². The molecule has 0 bridgehead atoms. The largest absolute Gasteiger partial charge is 0.493 e. The van der Waals surface area contributed by atoms with E-state index in [4.69, 9.17) is 4.74 Å². The van der Waals surface area contributed by atoms with Gasteiger partial charge in [-0.05, 0) is 47.7 Å². The van der Waals surface area contributed by atoms with E-state index in [1.165, 1.54) is 12.1 Å². The lowest BCUT2D eigenvalue weighted by Gasteiger charge is -2.10. The monoisotopic (exact) mass is 344 g/mol. The van der Waals surface area contributed by atoms with Gasteiger partial charge in [0, 0.05) is 17.5 Å². The third-order valence-corrected chi connectivity index (χ3v) is 4.03. The van der Waals surface area contributed by atoms with Crippen molar-refractivity contribution in [2.75, 3.05) is 6.61 Å². The summed E-state index contributed by atoms with van der Waals surface area (Å²) in [5.41, 5.74) is 1.96. The van der Waals surface area contributed by atoms with Crippen molar-refractivity contribution in [2.24, 2.45) is 0 Å². The molecule has 0 aromatic heterocycles. The lowest BCUT2D eigenvalue weighted by atomic mass is 9.99. The van der Waals surface area contributed by atoms with Crippen molar-refractivity contribution in [1.29, 1.82) is 5.26 Å². The van der Waals surface area contributed by atoms with E-state index in [9.17, 15) is 15.4 Å². The summed E-state index contributed by atoms with van der Waals surface area (Å²) in [6, 6.07) is 19.8. The van der Waals surface area contributed by atoms with E-state index in [-0.39, 0.29) is 5.69 Å². The number of fused-ring (bicyclic) bond motifs is 1. The minimum atomic E-state index is -0.459. The topological polar surface area (TPSA) is 76.2 Å². The summed E-state index contributed by atoms with van der Waals surface area (Å²) in [5.74, 6) is 0.800. The highest BCUT2D eigenvalue weighted by molar-refractivity contribution is 6.00. The Kier molecular flexibility index (Phi) is 4.95. The highest BCUT2D eigenvalue weighted by atomic mass is 16.6. The Morgan fingerprint density at radius 3 is 2.42 bits per heavy atom.